The number of halogens is 1. The molecule has 0 radical (unpaired) electrons. The summed E-state index contributed by atoms with van der Waals surface area (Å²) in [7, 11) is 0. The third kappa shape index (κ3) is 1.35. The molecule has 0 N–H and O–H groups in total. The van der Waals surface area contributed by atoms with Crippen LogP contribution in [0, 0.1) is 0 Å². The van der Waals surface area contributed by atoms with Gasteiger partial charge in [0.1, 0.15) is 0 Å². The Morgan fingerprint density at radius 3 is 3.20 bits per heavy atom. The third-order valence-corrected chi connectivity index (χ3v) is 3.42. The zero-order valence-electron chi connectivity index (χ0n) is 8.07. The molecule has 1 aromatic rings. The van der Waals surface area contributed by atoms with Crippen molar-refractivity contribution in [2.75, 3.05) is 11.4 Å². The number of anilines is 1. The third-order valence-electron chi connectivity index (χ3n) is 2.93. The molecule has 0 spiro atoms. The number of benzene rings is 1. The predicted octanol–water partition coefficient (Wildman–Crippen LogP) is 2.55. The van der Waals surface area contributed by atoms with Gasteiger partial charge in [-0.1, -0.05) is 15.9 Å². The van der Waals surface area contributed by atoms with Gasteiger partial charge in [-0.25, -0.2) is 4.79 Å². The number of ether oxygens (including phenoxy) is 1. The first-order valence-electron chi connectivity index (χ1n) is 5.03. The number of carbonyl (C=O) groups is 1. The van der Waals surface area contributed by atoms with Crippen LogP contribution in [0.2, 0.25) is 0 Å². The molecule has 2 heterocycles. The van der Waals surface area contributed by atoms with Gasteiger partial charge in [0.05, 0.1) is 11.3 Å². The normalized spacial score (nSPS) is 23.4. The van der Waals surface area contributed by atoms with E-state index >= 15 is 0 Å². The minimum absolute atomic E-state index is 0.0359. The maximum Gasteiger partial charge on any atom is 0.342 e. The van der Waals surface area contributed by atoms with Crippen LogP contribution in [-0.4, -0.2) is 18.7 Å². The van der Waals surface area contributed by atoms with E-state index in [1.54, 1.807) is 0 Å². The lowest BCUT2D eigenvalue weighted by Crippen LogP contribution is -2.38. The van der Waals surface area contributed by atoms with Gasteiger partial charge in [0, 0.05) is 17.4 Å². The molecule has 0 saturated carbocycles. The number of nitrogens with zero attached hydrogens (tertiary/aromatic N) is 1. The number of fused-ring (bicyclic) bond motifs is 3. The van der Waals surface area contributed by atoms with Crippen LogP contribution in [0.5, 0.6) is 0 Å². The van der Waals surface area contributed by atoms with Gasteiger partial charge in [0.15, 0.2) is 6.23 Å². The first-order valence-corrected chi connectivity index (χ1v) is 5.82. The summed E-state index contributed by atoms with van der Waals surface area (Å²) < 4.78 is 6.27. The number of hydrogen-bond acceptors (Lipinski definition) is 3. The topological polar surface area (TPSA) is 29.5 Å². The molecule has 3 nitrogen and oxygen atoms in total. The molecule has 2 aliphatic heterocycles. The van der Waals surface area contributed by atoms with Crippen molar-refractivity contribution < 1.29 is 9.53 Å². The van der Waals surface area contributed by atoms with E-state index < -0.39 is 0 Å². The van der Waals surface area contributed by atoms with E-state index in [2.05, 4.69) is 20.8 Å². The standard InChI is InChI=1S/C11H10BrNO2/c12-7-3-4-9-8(6-7)11(14)15-10-2-1-5-13(9)10/h3-4,6,10H,1-2,5H2. The molecule has 1 saturated heterocycles. The van der Waals surface area contributed by atoms with Crippen molar-refractivity contribution in [3.05, 3.63) is 28.2 Å². The fraction of sp³-hybridized carbons (Fsp3) is 0.364. The zero-order valence-corrected chi connectivity index (χ0v) is 9.66. The van der Waals surface area contributed by atoms with Crippen LogP contribution >= 0.6 is 15.9 Å². The van der Waals surface area contributed by atoms with E-state index in [0.717, 1.165) is 29.5 Å². The lowest BCUT2D eigenvalue weighted by atomic mass is 10.1. The van der Waals surface area contributed by atoms with Gasteiger partial charge < -0.3 is 9.64 Å². The lowest BCUT2D eigenvalue weighted by Gasteiger charge is -2.32. The van der Waals surface area contributed by atoms with Crippen molar-refractivity contribution in [1.29, 1.82) is 0 Å². The van der Waals surface area contributed by atoms with Gasteiger partial charge in [0.25, 0.3) is 0 Å². The van der Waals surface area contributed by atoms with Crippen LogP contribution in [0.1, 0.15) is 23.2 Å². The molecule has 1 atom stereocenters. The molecule has 1 unspecified atom stereocenters. The van der Waals surface area contributed by atoms with Crippen molar-refractivity contribution in [3.8, 4) is 0 Å². The van der Waals surface area contributed by atoms with E-state index in [1.165, 1.54) is 0 Å². The van der Waals surface area contributed by atoms with Crippen LogP contribution < -0.4 is 4.90 Å². The second-order valence-electron chi connectivity index (χ2n) is 3.86. The smallest absolute Gasteiger partial charge is 0.342 e. The number of hydrogen-bond donors (Lipinski definition) is 0. The Labute approximate surface area is 96.1 Å². The Kier molecular flexibility index (Phi) is 1.99. The molecule has 78 valence electrons. The van der Waals surface area contributed by atoms with Crippen LogP contribution in [-0.2, 0) is 4.74 Å². The average Bonchev–Trinajstić information content (AvgIpc) is 2.66. The molecule has 0 aromatic heterocycles. The summed E-state index contributed by atoms with van der Waals surface area (Å²) in [5, 5.41) is 0. The van der Waals surface area contributed by atoms with Crippen molar-refractivity contribution in [2.24, 2.45) is 0 Å². The van der Waals surface area contributed by atoms with Crippen molar-refractivity contribution >= 4 is 27.6 Å². The molecule has 0 amide bonds. The predicted molar refractivity (Wildman–Crippen MR) is 59.9 cm³/mol. The highest BCUT2D eigenvalue weighted by Crippen LogP contribution is 2.35. The molecule has 4 heteroatoms. The van der Waals surface area contributed by atoms with Gasteiger partial charge in [-0.3, -0.25) is 0 Å². The fourth-order valence-electron chi connectivity index (χ4n) is 2.24. The highest BCUT2D eigenvalue weighted by molar-refractivity contribution is 9.10. The number of carbonyl (C=O) groups excluding carboxylic acids is 1. The summed E-state index contributed by atoms with van der Waals surface area (Å²) in [6.07, 6.45) is 2.00. The molecule has 3 rings (SSSR count). The highest BCUT2D eigenvalue weighted by atomic mass is 79.9. The van der Waals surface area contributed by atoms with Gasteiger partial charge in [0.2, 0.25) is 0 Å². The first-order chi connectivity index (χ1) is 7.25. The summed E-state index contributed by atoms with van der Waals surface area (Å²) >= 11 is 3.36. The van der Waals surface area contributed by atoms with Crippen LogP contribution in [0.4, 0.5) is 5.69 Å². The molecular formula is C11H10BrNO2. The molecular weight excluding hydrogens is 258 g/mol. The summed E-state index contributed by atoms with van der Waals surface area (Å²) in [6.45, 7) is 0.979. The lowest BCUT2D eigenvalue weighted by molar-refractivity contribution is 0.0292. The minimum atomic E-state index is -0.200. The second-order valence-corrected chi connectivity index (χ2v) is 4.77. The van der Waals surface area contributed by atoms with E-state index in [1.807, 2.05) is 18.2 Å². The molecule has 1 fully saturated rings. The Bertz CT molecular complexity index is 433. The summed E-state index contributed by atoms with van der Waals surface area (Å²) in [4.78, 5) is 13.9. The maximum absolute atomic E-state index is 11.7. The van der Waals surface area contributed by atoms with Gasteiger partial charge in [-0.05, 0) is 24.6 Å². The van der Waals surface area contributed by atoms with Crippen LogP contribution in [0.15, 0.2) is 22.7 Å². The molecule has 0 bridgehead atoms. The quantitative estimate of drug-likeness (QED) is 0.677. The van der Waals surface area contributed by atoms with E-state index in [-0.39, 0.29) is 12.2 Å². The zero-order chi connectivity index (χ0) is 10.4. The Hall–Kier alpha value is -1.03. The summed E-state index contributed by atoms with van der Waals surface area (Å²) in [5.74, 6) is -0.200. The second kappa shape index (κ2) is 3.23. The minimum Gasteiger partial charge on any atom is -0.438 e. The fourth-order valence-corrected chi connectivity index (χ4v) is 2.60. The highest BCUT2D eigenvalue weighted by Gasteiger charge is 2.35. The summed E-state index contributed by atoms with van der Waals surface area (Å²) in [5.41, 5.74) is 1.68. The number of rotatable bonds is 0. The van der Waals surface area contributed by atoms with Crippen LogP contribution in [0.25, 0.3) is 0 Å². The van der Waals surface area contributed by atoms with E-state index in [4.69, 9.17) is 4.74 Å². The monoisotopic (exact) mass is 267 g/mol. The SMILES string of the molecule is O=C1OC2CCCN2c2ccc(Br)cc21. The largest absolute Gasteiger partial charge is 0.438 e. The van der Waals surface area contributed by atoms with E-state index in [0.29, 0.717) is 5.56 Å². The van der Waals surface area contributed by atoms with Gasteiger partial charge in [-0.15, -0.1) is 0 Å². The van der Waals surface area contributed by atoms with Crippen LogP contribution in [0.3, 0.4) is 0 Å². The van der Waals surface area contributed by atoms with E-state index in [9.17, 15) is 4.79 Å². The Morgan fingerprint density at radius 2 is 2.33 bits per heavy atom. The van der Waals surface area contributed by atoms with Crippen molar-refractivity contribution in [3.63, 3.8) is 0 Å². The van der Waals surface area contributed by atoms with Crippen molar-refractivity contribution in [1.82, 2.24) is 0 Å². The Balaban J connectivity index is 2.14. The summed E-state index contributed by atoms with van der Waals surface area (Å²) in [6, 6.07) is 5.77. The van der Waals surface area contributed by atoms with Gasteiger partial charge in [-0.2, -0.15) is 0 Å². The molecule has 0 aliphatic carbocycles. The van der Waals surface area contributed by atoms with Gasteiger partial charge >= 0.3 is 5.97 Å². The van der Waals surface area contributed by atoms with Crippen molar-refractivity contribution in [2.45, 2.75) is 19.1 Å². The molecule has 2 aliphatic rings. The molecule has 15 heavy (non-hydrogen) atoms. The average molecular weight is 268 g/mol. The molecule has 1 aromatic carbocycles. The Morgan fingerprint density at radius 1 is 1.47 bits per heavy atom. The number of esters is 1. The maximum atomic E-state index is 11.7. The first kappa shape index (κ1) is 9.21.